The van der Waals surface area contributed by atoms with Crippen LogP contribution in [0.2, 0.25) is 0 Å². The van der Waals surface area contributed by atoms with E-state index in [1.54, 1.807) is 0 Å². The number of rotatable bonds is 4. The maximum Gasteiger partial charge on any atom is 0.187 e. The molecule has 0 saturated heterocycles. The molecule has 0 bridgehead atoms. The van der Waals surface area contributed by atoms with Gasteiger partial charge in [-0.1, -0.05) is 96.8 Å². The first-order valence-corrected chi connectivity index (χ1v) is 14.8. The molecular weight excluding hydrogens is 735 g/mol. The first-order chi connectivity index (χ1) is 20.4. The summed E-state index contributed by atoms with van der Waals surface area (Å²) >= 11 is 0. The summed E-state index contributed by atoms with van der Waals surface area (Å²) in [7, 11) is 0. The van der Waals surface area contributed by atoms with Gasteiger partial charge < -0.3 is 10.1 Å². The van der Waals surface area contributed by atoms with Crippen LogP contribution >= 0.6 is 0 Å². The largest absolute Gasteiger partial charge is 0.512 e. The summed E-state index contributed by atoms with van der Waals surface area (Å²) in [5.41, 5.74) is 10.8. The molecule has 0 aliphatic heterocycles. The number of aliphatic hydroxyl groups excluding tert-OH is 1. The average Bonchev–Trinajstić information content (AvgIpc) is 2.91. The van der Waals surface area contributed by atoms with Crippen LogP contribution in [-0.4, -0.2) is 20.9 Å². The molecule has 5 nitrogen and oxygen atoms in total. The van der Waals surface area contributed by atoms with Gasteiger partial charge in [0, 0.05) is 48.9 Å². The molecule has 1 radical (unpaired) electrons. The molecule has 1 N–H and O–H groups in total. The normalized spacial score (nSPS) is 11.6. The third-order valence-corrected chi connectivity index (χ3v) is 7.07. The van der Waals surface area contributed by atoms with Crippen LogP contribution < -0.4 is 0 Å². The summed E-state index contributed by atoms with van der Waals surface area (Å²) in [6, 6.07) is 19.8. The predicted octanol–water partition coefficient (Wildman–Crippen LogP) is 10.5. The summed E-state index contributed by atoms with van der Waals surface area (Å²) in [5.74, 6) is 0.104. The number of benzene rings is 3. The van der Waals surface area contributed by atoms with Crippen molar-refractivity contribution >= 4 is 11.5 Å². The zero-order chi connectivity index (χ0) is 33.0. The molecule has 6 heteroatoms. The van der Waals surface area contributed by atoms with Gasteiger partial charge in [-0.25, -0.2) is 4.85 Å². The van der Waals surface area contributed by atoms with E-state index in [4.69, 9.17) is 16.5 Å². The molecule has 4 rings (SSSR count). The Labute approximate surface area is 283 Å². The van der Waals surface area contributed by atoms with E-state index < -0.39 is 5.41 Å². The SMILES string of the molecule is CC(C)(C)C(=O)C=C(O)C(C)(C)C.[C-]#[N+]c1ccc(C)c(-c2cnc(-c3[c-]c(C)cc(C)c3)c(-c3cc(C)cc(C)c3)n2)c1.[Ir]. The fourth-order valence-electron chi connectivity index (χ4n) is 4.56. The number of nitrogens with zero attached hydrogens (tertiary/aromatic N) is 3. The second-order valence-corrected chi connectivity index (χ2v) is 13.6. The maximum absolute atomic E-state index is 11.5. The van der Waals surface area contributed by atoms with Crippen molar-refractivity contribution in [3.63, 3.8) is 0 Å². The van der Waals surface area contributed by atoms with Crippen molar-refractivity contribution in [3.8, 4) is 33.8 Å². The van der Waals surface area contributed by atoms with Gasteiger partial charge in [-0.2, -0.15) is 0 Å². The van der Waals surface area contributed by atoms with Gasteiger partial charge in [0.15, 0.2) is 11.5 Å². The van der Waals surface area contributed by atoms with E-state index in [9.17, 15) is 9.90 Å². The predicted molar refractivity (Wildman–Crippen MR) is 182 cm³/mol. The summed E-state index contributed by atoms with van der Waals surface area (Å²) in [4.78, 5) is 25.0. The van der Waals surface area contributed by atoms with Gasteiger partial charge in [0.1, 0.15) is 5.76 Å². The summed E-state index contributed by atoms with van der Waals surface area (Å²) in [6.07, 6.45) is 3.14. The van der Waals surface area contributed by atoms with Gasteiger partial charge in [0.05, 0.1) is 18.0 Å². The second-order valence-electron chi connectivity index (χ2n) is 13.6. The fraction of sp³-hybridized carbons (Fsp3) is 0.333. The molecule has 0 aliphatic rings. The number of aryl methyl sites for hydroxylation is 5. The monoisotopic (exact) mass is 779 g/mol. The molecule has 0 aliphatic carbocycles. The maximum atomic E-state index is 11.5. The minimum atomic E-state index is -0.417. The van der Waals surface area contributed by atoms with Crippen molar-refractivity contribution in [1.82, 2.24) is 9.97 Å². The molecule has 3 aromatic carbocycles. The Morgan fingerprint density at radius 3 is 1.98 bits per heavy atom. The van der Waals surface area contributed by atoms with Crippen molar-refractivity contribution in [2.75, 3.05) is 0 Å². The number of hydrogen-bond acceptors (Lipinski definition) is 4. The number of aliphatic hydroxyl groups is 1. The van der Waals surface area contributed by atoms with E-state index in [1.165, 1.54) is 22.8 Å². The van der Waals surface area contributed by atoms with Gasteiger partial charge in [-0.3, -0.25) is 9.78 Å². The molecule has 0 fully saturated rings. The molecule has 4 aromatic rings. The van der Waals surface area contributed by atoms with Crippen LogP contribution in [-0.2, 0) is 24.9 Å². The first kappa shape index (κ1) is 37.3. The zero-order valence-electron chi connectivity index (χ0n) is 28.3. The number of allylic oxidation sites excluding steroid dienone is 2. The number of carbonyl (C=O) groups is 1. The van der Waals surface area contributed by atoms with Crippen LogP contribution in [0, 0.1) is 58.1 Å². The minimum Gasteiger partial charge on any atom is -0.512 e. The van der Waals surface area contributed by atoms with Crippen molar-refractivity contribution in [2.45, 2.75) is 76.2 Å². The zero-order valence-corrected chi connectivity index (χ0v) is 30.7. The Bertz CT molecular complexity index is 1730. The fourth-order valence-corrected chi connectivity index (χ4v) is 4.56. The van der Waals surface area contributed by atoms with Crippen LogP contribution in [0.25, 0.3) is 38.6 Å². The van der Waals surface area contributed by atoms with Crippen molar-refractivity contribution in [3.05, 3.63) is 112 Å². The van der Waals surface area contributed by atoms with Crippen LogP contribution in [0.15, 0.2) is 66.6 Å². The number of ketones is 1. The molecule has 1 heterocycles. The van der Waals surface area contributed by atoms with E-state index >= 15 is 0 Å². The molecule has 45 heavy (non-hydrogen) atoms. The average molecular weight is 779 g/mol. The quantitative estimate of drug-likeness (QED) is 0.127. The third-order valence-electron chi connectivity index (χ3n) is 7.07. The molecular formula is C39H44IrN3O2-. The Morgan fingerprint density at radius 2 is 1.44 bits per heavy atom. The van der Waals surface area contributed by atoms with Crippen molar-refractivity contribution < 1.29 is 30.0 Å². The van der Waals surface area contributed by atoms with Gasteiger partial charge in [0.2, 0.25) is 0 Å². The van der Waals surface area contributed by atoms with Crippen LogP contribution in [0.1, 0.15) is 69.4 Å². The van der Waals surface area contributed by atoms with Gasteiger partial charge in [-0.15, -0.1) is 34.9 Å². The van der Waals surface area contributed by atoms with Crippen molar-refractivity contribution in [1.29, 1.82) is 0 Å². The minimum absolute atomic E-state index is 0. The van der Waals surface area contributed by atoms with E-state index in [0.29, 0.717) is 5.69 Å². The molecule has 237 valence electrons. The summed E-state index contributed by atoms with van der Waals surface area (Å²) in [5, 5.41) is 9.56. The summed E-state index contributed by atoms with van der Waals surface area (Å²) < 4.78 is 0. The molecule has 0 saturated carbocycles. The molecule has 0 unspecified atom stereocenters. The standard InChI is InChI=1S/C28H24N3.C11H20O2.Ir/c1-17-9-18(2)12-22(11-17)27-28(23-13-19(3)10-20(4)14-23)31-26(16-30-27)25-15-24(29-6)8-7-21(25)5;1-10(2,3)8(12)7-9(13)11(4,5)6;/h7-11,13-16H,1-5H3;7,12H,1-6H3;/q-1;;. The van der Waals surface area contributed by atoms with Gasteiger partial charge in [-0.05, 0) is 43.5 Å². The number of hydrogen-bond donors (Lipinski definition) is 1. The molecule has 1 aromatic heterocycles. The Morgan fingerprint density at radius 1 is 0.844 bits per heavy atom. The van der Waals surface area contributed by atoms with E-state index in [2.05, 4.69) is 62.0 Å². The van der Waals surface area contributed by atoms with Gasteiger partial charge >= 0.3 is 0 Å². The molecule has 0 atom stereocenters. The smallest absolute Gasteiger partial charge is 0.187 e. The second kappa shape index (κ2) is 14.9. The van der Waals surface area contributed by atoms with E-state index in [0.717, 1.165) is 44.9 Å². The van der Waals surface area contributed by atoms with E-state index in [-0.39, 0.29) is 37.1 Å². The van der Waals surface area contributed by atoms with Crippen molar-refractivity contribution in [2.24, 2.45) is 10.8 Å². The molecule has 0 amide bonds. The topological polar surface area (TPSA) is 67.4 Å². The van der Waals surface area contributed by atoms with Gasteiger partial charge in [0.25, 0.3) is 0 Å². The Kier molecular flexibility index (Phi) is 12.4. The van der Waals surface area contributed by atoms with Crippen LogP contribution in [0.3, 0.4) is 0 Å². The number of aromatic nitrogens is 2. The van der Waals surface area contributed by atoms with Crippen LogP contribution in [0.5, 0.6) is 0 Å². The third kappa shape index (κ3) is 10.0. The summed E-state index contributed by atoms with van der Waals surface area (Å²) in [6.45, 7) is 28.8. The number of carbonyl (C=O) groups excluding carboxylic acids is 1. The van der Waals surface area contributed by atoms with Crippen LogP contribution in [0.4, 0.5) is 5.69 Å². The molecule has 0 spiro atoms. The van der Waals surface area contributed by atoms with E-state index in [1.807, 2.05) is 79.8 Å². The first-order valence-electron chi connectivity index (χ1n) is 14.8. The Balaban J connectivity index is 0.000000430. The Hall–Kier alpha value is -3.91.